The Kier molecular flexibility index (Phi) is 5.30. The molecule has 0 aliphatic carbocycles. The molecule has 0 aliphatic heterocycles. The first-order valence-corrected chi connectivity index (χ1v) is 7.74. The van der Waals surface area contributed by atoms with Crippen LogP contribution < -0.4 is 16.0 Å². The molecular formula is C15H20N4OS. The smallest absolute Gasteiger partial charge is 0.310 e. The number of urea groups is 1. The zero-order valence-electron chi connectivity index (χ0n) is 12.4. The molecule has 0 saturated carbocycles. The van der Waals surface area contributed by atoms with Crippen LogP contribution in [0.15, 0.2) is 30.5 Å². The monoisotopic (exact) mass is 304 g/mol. The van der Waals surface area contributed by atoms with Crippen LogP contribution in [0.3, 0.4) is 0 Å². The SMILES string of the molecule is CCNC(C)c1cccc(NC(=O)Nc2ncc(C)s2)c1. The van der Waals surface area contributed by atoms with Crippen molar-refractivity contribution in [3.05, 3.63) is 40.9 Å². The zero-order chi connectivity index (χ0) is 15.2. The standard InChI is InChI=1S/C15H20N4OS/c1-4-16-11(3)12-6-5-7-13(8-12)18-14(20)19-15-17-9-10(2)21-15/h5-9,11,16H,4H2,1-3H3,(H2,17,18,19,20). The minimum Gasteiger partial charge on any atom is -0.310 e. The molecule has 0 radical (unpaired) electrons. The van der Waals surface area contributed by atoms with Crippen LogP contribution in [0, 0.1) is 6.92 Å². The van der Waals surface area contributed by atoms with Gasteiger partial charge in [0.25, 0.3) is 0 Å². The molecule has 21 heavy (non-hydrogen) atoms. The Hall–Kier alpha value is -1.92. The van der Waals surface area contributed by atoms with Gasteiger partial charge in [0.2, 0.25) is 0 Å². The van der Waals surface area contributed by atoms with Crippen molar-refractivity contribution >= 4 is 28.2 Å². The third-order valence-electron chi connectivity index (χ3n) is 3.00. The molecule has 1 unspecified atom stereocenters. The lowest BCUT2D eigenvalue weighted by Crippen LogP contribution is -2.20. The summed E-state index contributed by atoms with van der Waals surface area (Å²) in [4.78, 5) is 17.1. The molecule has 1 aromatic carbocycles. The van der Waals surface area contributed by atoms with Crippen LogP contribution in [0.4, 0.5) is 15.6 Å². The average molecular weight is 304 g/mol. The normalized spacial score (nSPS) is 12.0. The summed E-state index contributed by atoms with van der Waals surface area (Å²) in [5.74, 6) is 0. The molecule has 2 rings (SSSR count). The van der Waals surface area contributed by atoms with E-state index in [1.165, 1.54) is 11.3 Å². The van der Waals surface area contributed by atoms with Crippen molar-refractivity contribution in [3.63, 3.8) is 0 Å². The van der Waals surface area contributed by atoms with Gasteiger partial charge in [0.1, 0.15) is 0 Å². The molecule has 2 amide bonds. The minimum atomic E-state index is -0.280. The summed E-state index contributed by atoms with van der Waals surface area (Å²) >= 11 is 1.45. The molecule has 0 saturated heterocycles. The Morgan fingerprint density at radius 1 is 1.38 bits per heavy atom. The lowest BCUT2D eigenvalue weighted by molar-refractivity contribution is 0.262. The number of hydrogen-bond donors (Lipinski definition) is 3. The lowest BCUT2D eigenvalue weighted by Gasteiger charge is -2.14. The molecule has 112 valence electrons. The fraction of sp³-hybridized carbons (Fsp3) is 0.333. The molecule has 2 aromatic rings. The summed E-state index contributed by atoms with van der Waals surface area (Å²) in [5.41, 5.74) is 1.91. The maximum absolute atomic E-state index is 11.9. The van der Waals surface area contributed by atoms with E-state index in [-0.39, 0.29) is 12.1 Å². The second-order valence-corrected chi connectivity index (χ2v) is 5.99. The number of aromatic nitrogens is 1. The maximum atomic E-state index is 11.9. The summed E-state index contributed by atoms with van der Waals surface area (Å²) in [6.07, 6.45) is 1.74. The van der Waals surface area contributed by atoms with Gasteiger partial charge in [-0.05, 0) is 38.1 Å². The van der Waals surface area contributed by atoms with Crippen LogP contribution in [-0.4, -0.2) is 17.6 Å². The highest BCUT2D eigenvalue weighted by atomic mass is 32.1. The Morgan fingerprint density at radius 3 is 2.86 bits per heavy atom. The van der Waals surface area contributed by atoms with Crippen molar-refractivity contribution in [2.45, 2.75) is 26.8 Å². The summed E-state index contributed by atoms with van der Waals surface area (Å²) < 4.78 is 0. The molecule has 0 aliphatic rings. The van der Waals surface area contributed by atoms with Gasteiger partial charge >= 0.3 is 6.03 Å². The van der Waals surface area contributed by atoms with Crippen molar-refractivity contribution in [2.75, 3.05) is 17.2 Å². The Bertz CT molecular complexity index is 611. The van der Waals surface area contributed by atoms with Gasteiger partial charge in [0, 0.05) is 22.8 Å². The number of nitrogens with zero attached hydrogens (tertiary/aromatic N) is 1. The Morgan fingerprint density at radius 2 is 2.19 bits per heavy atom. The number of amides is 2. The molecule has 5 nitrogen and oxygen atoms in total. The number of benzene rings is 1. The third-order valence-corrected chi connectivity index (χ3v) is 3.82. The number of rotatable bonds is 5. The summed E-state index contributed by atoms with van der Waals surface area (Å²) in [6, 6.07) is 7.79. The average Bonchev–Trinajstić information content (AvgIpc) is 2.84. The van der Waals surface area contributed by atoms with Gasteiger partial charge in [-0.15, -0.1) is 11.3 Å². The van der Waals surface area contributed by atoms with Gasteiger partial charge in [-0.1, -0.05) is 19.1 Å². The van der Waals surface area contributed by atoms with E-state index in [0.29, 0.717) is 5.13 Å². The van der Waals surface area contributed by atoms with Crippen molar-refractivity contribution in [1.29, 1.82) is 0 Å². The Labute approximate surface area is 128 Å². The molecule has 0 bridgehead atoms. The summed E-state index contributed by atoms with van der Waals surface area (Å²) in [6.45, 7) is 7.03. The first-order valence-electron chi connectivity index (χ1n) is 6.92. The number of thiazole rings is 1. The molecular weight excluding hydrogens is 284 g/mol. The van der Waals surface area contributed by atoms with E-state index in [2.05, 4.69) is 34.8 Å². The molecule has 1 heterocycles. The number of carbonyl (C=O) groups is 1. The van der Waals surface area contributed by atoms with Crippen molar-refractivity contribution in [2.24, 2.45) is 0 Å². The van der Waals surface area contributed by atoms with Crippen molar-refractivity contribution < 1.29 is 4.79 Å². The molecule has 1 aromatic heterocycles. The second-order valence-electron chi connectivity index (χ2n) is 4.76. The topological polar surface area (TPSA) is 66.0 Å². The number of carbonyl (C=O) groups excluding carboxylic acids is 1. The molecule has 0 spiro atoms. The zero-order valence-corrected chi connectivity index (χ0v) is 13.3. The number of aryl methyl sites for hydroxylation is 1. The van der Waals surface area contributed by atoms with Gasteiger partial charge in [0.05, 0.1) is 0 Å². The molecule has 3 N–H and O–H groups in total. The van der Waals surface area contributed by atoms with Crippen LogP contribution >= 0.6 is 11.3 Å². The summed E-state index contributed by atoms with van der Waals surface area (Å²) in [5, 5.41) is 9.50. The number of nitrogens with one attached hydrogen (secondary N) is 3. The highest BCUT2D eigenvalue weighted by Gasteiger charge is 2.08. The van der Waals surface area contributed by atoms with E-state index in [4.69, 9.17) is 0 Å². The van der Waals surface area contributed by atoms with E-state index in [1.807, 2.05) is 31.2 Å². The van der Waals surface area contributed by atoms with Crippen LogP contribution in [0.1, 0.15) is 30.3 Å². The van der Waals surface area contributed by atoms with E-state index >= 15 is 0 Å². The largest absolute Gasteiger partial charge is 0.325 e. The number of anilines is 2. The van der Waals surface area contributed by atoms with Crippen LogP contribution in [0.2, 0.25) is 0 Å². The fourth-order valence-electron chi connectivity index (χ4n) is 1.98. The fourth-order valence-corrected chi connectivity index (χ4v) is 2.64. The first kappa shape index (κ1) is 15.5. The van der Waals surface area contributed by atoms with Crippen molar-refractivity contribution in [1.82, 2.24) is 10.3 Å². The third kappa shape index (κ3) is 4.54. The van der Waals surface area contributed by atoms with Gasteiger partial charge in [0.15, 0.2) is 5.13 Å². The van der Waals surface area contributed by atoms with Crippen molar-refractivity contribution in [3.8, 4) is 0 Å². The lowest BCUT2D eigenvalue weighted by atomic mass is 10.1. The summed E-state index contributed by atoms with van der Waals surface area (Å²) in [7, 11) is 0. The Balaban J connectivity index is 1.99. The quantitative estimate of drug-likeness (QED) is 0.788. The van der Waals surface area contributed by atoms with E-state index < -0.39 is 0 Å². The molecule has 0 fully saturated rings. The van der Waals surface area contributed by atoms with E-state index in [9.17, 15) is 4.79 Å². The number of hydrogen-bond acceptors (Lipinski definition) is 4. The maximum Gasteiger partial charge on any atom is 0.325 e. The van der Waals surface area contributed by atoms with Gasteiger partial charge < -0.3 is 10.6 Å². The van der Waals surface area contributed by atoms with Gasteiger partial charge in [-0.25, -0.2) is 9.78 Å². The van der Waals surface area contributed by atoms with Crippen LogP contribution in [-0.2, 0) is 0 Å². The highest BCUT2D eigenvalue weighted by Crippen LogP contribution is 2.19. The minimum absolute atomic E-state index is 0.251. The van der Waals surface area contributed by atoms with E-state index in [0.717, 1.165) is 22.7 Å². The van der Waals surface area contributed by atoms with Crippen LogP contribution in [0.25, 0.3) is 0 Å². The highest BCUT2D eigenvalue weighted by molar-refractivity contribution is 7.15. The van der Waals surface area contributed by atoms with E-state index in [1.54, 1.807) is 6.20 Å². The van der Waals surface area contributed by atoms with Crippen LogP contribution in [0.5, 0.6) is 0 Å². The molecule has 6 heteroatoms. The first-order chi connectivity index (χ1) is 10.1. The predicted octanol–water partition coefficient (Wildman–Crippen LogP) is 3.77. The van der Waals surface area contributed by atoms with Gasteiger partial charge in [-0.3, -0.25) is 5.32 Å². The predicted molar refractivity (Wildman–Crippen MR) is 88.0 cm³/mol. The van der Waals surface area contributed by atoms with Gasteiger partial charge in [-0.2, -0.15) is 0 Å². The molecule has 1 atom stereocenters. The second kappa shape index (κ2) is 7.19.